The molecule has 2 rings (SSSR count). The van der Waals surface area contributed by atoms with Crippen molar-refractivity contribution in [3.05, 3.63) is 64.2 Å². The minimum Gasteiger partial charge on any atom is -0.496 e. The lowest BCUT2D eigenvalue weighted by Gasteiger charge is -2.13. The van der Waals surface area contributed by atoms with Crippen LogP contribution in [0.25, 0.3) is 0 Å². The van der Waals surface area contributed by atoms with Crippen LogP contribution in [0.4, 0.5) is 0 Å². The molecule has 0 aliphatic carbocycles. The minimum absolute atomic E-state index is 0.164. The van der Waals surface area contributed by atoms with Crippen LogP contribution in [0.2, 0.25) is 5.02 Å². The van der Waals surface area contributed by atoms with Gasteiger partial charge in [-0.15, -0.1) is 0 Å². The van der Waals surface area contributed by atoms with Crippen molar-refractivity contribution in [3.8, 4) is 11.8 Å². The molecule has 0 saturated heterocycles. The summed E-state index contributed by atoms with van der Waals surface area (Å²) in [6, 6.07) is 16.0. The Bertz CT molecular complexity index is 643. The van der Waals surface area contributed by atoms with Crippen LogP contribution < -0.4 is 4.74 Å². The lowest BCUT2D eigenvalue weighted by molar-refractivity contribution is 0.410. The van der Waals surface area contributed by atoms with E-state index < -0.39 is 0 Å². The summed E-state index contributed by atoms with van der Waals surface area (Å²) in [5, 5.41) is 10.2. The number of ether oxygens (including phenoxy) is 1. The Labute approximate surface area is 130 Å². The van der Waals surface area contributed by atoms with Crippen molar-refractivity contribution in [1.82, 2.24) is 0 Å². The first-order chi connectivity index (χ1) is 10.2. The molecule has 0 aliphatic rings. The number of benzene rings is 2. The van der Waals surface area contributed by atoms with Gasteiger partial charge in [-0.3, -0.25) is 0 Å². The van der Waals surface area contributed by atoms with Crippen molar-refractivity contribution in [2.75, 3.05) is 7.11 Å². The summed E-state index contributed by atoms with van der Waals surface area (Å²) < 4.78 is 5.34. The number of nitriles is 1. The fourth-order valence-electron chi connectivity index (χ4n) is 2.39. The quantitative estimate of drug-likeness (QED) is 0.797. The minimum atomic E-state index is -0.164. The zero-order valence-corrected chi connectivity index (χ0v) is 13.0. The van der Waals surface area contributed by atoms with E-state index in [2.05, 4.69) is 19.1 Å². The first kappa shape index (κ1) is 15.4. The molecule has 21 heavy (non-hydrogen) atoms. The third-order valence-corrected chi connectivity index (χ3v) is 3.85. The van der Waals surface area contributed by atoms with Crippen molar-refractivity contribution in [2.24, 2.45) is 0 Å². The second-order valence-corrected chi connectivity index (χ2v) is 5.37. The highest BCUT2D eigenvalue weighted by Gasteiger charge is 2.13. The average Bonchev–Trinajstić information content (AvgIpc) is 2.53. The Morgan fingerprint density at radius 3 is 2.48 bits per heavy atom. The van der Waals surface area contributed by atoms with Gasteiger partial charge in [0, 0.05) is 5.02 Å². The van der Waals surface area contributed by atoms with E-state index in [0.29, 0.717) is 11.4 Å². The Morgan fingerprint density at radius 1 is 1.19 bits per heavy atom. The maximum absolute atomic E-state index is 9.48. The SMILES string of the molecule is CCc1cc(C(C#N)Cc2ccc(Cl)cc2)ccc1OC. The van der Waals surface area contributed by atoms with Gasteiger partial charge in [-0.1, -0.05) is 42.8 Å². The van der Waals surface area contributed by atoms with Crippen LogP contribution in [0.15, 0.2) is 42.5 Å². The Hall–Kier alpha value is -1.98. The van der Waals surface area contributed by atoms with Gasteiger partial charge in [-0.25, -0.2) is 0 Å². The Balaban J connectivity index is 2.25. The second-order valence-electron chi connectivity index (χ2n) is 4.94. The standard InChI is InChI=1S/C18H18ClNO/c1-3-14-11-15(6-9-18(14)21-2)16(12-20)10-13-4-7-17(19)8-5-13/h4-9,11,16H,3,10H2,1-2H3. The Morgan fingerprint density at radius 2 is 1.90 bits per heavy atom. The first-order valence-corrected chi connectivity index (χ1v) is 7.36. The normalized spacial score (nSPS) is 11.7. The smallest absolute Gasteiger partial charge is 0.122 e. The van der Waals surface area contributed by atoms with Crippen molar-refractivity contribution in [2.45, 2.75) is 25.7 Å². The van der Waals surface area contributed by atoms with Gasteiger partial charge in [0.05, 0.1) is 19.1 Å². The van der Waals surface area contributed by atoms with Crippen molar-refractivity contribution >= 4 is 11.6 Å². The van der Waals surface area contributed by atoms with Gasteiger partial charge in [0.2, 0.25) is 0 Å². The monoisotopic (exact) mass is 299 g/mol. The fourth-order valence-corrected chi connectivity index (χ4v) is 2.51. The fraction of sp³-hybridized carbons (Fsp3) is 0.278. The van der Waals surface area contributed by atoms with E-state index in [1.807, 2.05) is 36.4 Å². The van der Waals surface area contributed by atoms with E-state index in [9.17, 15) is 5.26 Å². The summed E-state index contributed by atoms with van der Waals surface area (Å²) in [5.41, 5.74) is 3.27. The number of nitrogens with zero attached hydrogens (tertiary/aromatic N) is 1. The number of aryl methyl sites for hydroxylation is 1. The average molecular weight is 300 g/mol. The maximum Gasteiger partial charge on any atom is 0.122 e. The summed E-state index contributed by atoms with van der Waals surface area (Å²) in [7, 11) is 1.67. The van der Waals surface area contributed by atoms with Crippen molar-refractivity contribution in [1.29, 1.82) is 5.26 Å². The molecule has 1 atom stereocenters. The highest BCUT2D eigenvalue weighted by Crippen LogP contribution is 2.27. The lowest BCUT2D eigenvalue weighted by atomic mass is 9.91. The zero-order chi connectivity index (χ0) is 15.2. The predicted octanol–water partition coefficient (Wildman–Crippen LogP) is 4.76. The highest BCUT2D eigenvalue weighted by atomic mass is 35.5. The molecule has 0 amide bonds. The summed E-state index contributed by atoms with van der Waals surface area (Å²) in [6.45, 7) is 2.09. The molecular weight excluding hydrogens is 282 g/mol. The van der Waals surface area contributed by atoms with Crippen LogP contribution in [0.3, 0.4) is 0 Å². The lowest BCUT2D eigenvalue weighted by Crippen LogP contribution is -2.02. The molecule has 2 aromatic rings. The number of methoxy groups -OCH3 is 1. The predicted molar refractivity (Wildman–Crippen MR) is 85.9 cm³/mol. The van der Waals surface area contributed by atoms with Crippen molar-refractivity contribution < 1.29 is 4.74 Å². The molecule has 0 aromatic heterocycles. The molecular formula is C18H18ClNO. The number of hydrogen-bond acceptors (Lipinski definition) is 2. The van der Waals surface area contributed by atoms with Crippen LogP contribution in [0, 0.1) is 11.3 Å². The molecule has 3 heteroatoms. The molecule has 0 aliphatic heterocycles. The van der Waals surface area contributed by atoms with Gasteiger partial charge in [-0.05, 0) is 47.7 Å². The molecule has 2 nitrogen and oxygen atoms in total. The Kier molecular flexibility index (Phi) is 5.25. The van der Waals surface area contributed by atoms with E-state index in [0.717, 1.165) is 28.9 Å². The van der Waals surface area contributed by atoms with Gasteiger partial charge in [0.1, 0.15) is 5.75 Å². The summed E-state index contributed by atoms with van der Waals surface area (Å²) in [5.74, 6) is 0.715. The van der Waals surface area contributed by atoms with E-state index in [4.69, 9.17) is 16.3 Å². The topological polar surface area (TPSA) is 33.0 Å². The summed E-state index contributed by atoms with van der Waals surface area (Å²) in [4.78, 5) is 0. The molecule has 0 N–H and O–H groups in total. The third-order valence-electron chi connectivity index (χ3n) is 3.60. The van der Waals surface area contributed by atoms with Crippen LogP contribution in [-0.4, -0.2) is 7.11 Å². The summed E-state index contributed by atoms with van der Waals surface area (Å²) >= 11 is 5.89. The van der Waals surface area contributed by atoms with Gasteiger partial charge < -0.3 is 4.74 Å². The van der Waals surface area contributed by atoms with E-state index >= 15 is 0 Å². The molecule has 108 valence electrons. The molecule has 0 radical (unpaired) electrons. The molecule has 0 spiro atoms. The van der Waals surface area contributed by atoms with E-state index in [-0.39, 0.29) is 5.92 Å². The first-order valence-electron chi connectivity index (χ1n) is 6.98. The highest BCUT2D eigenvalue weighted by molar-refractivity contribution is 6.30. The molecule has 2 aromatic carbocycles. The molecule has 0 saturated carbocycles. The molecule has 1 unspecified atom stereocenters. The molecule has 0 fully saturated rings. The van der Waals surface area contributed by atoms with Crippen LogP contribution in [0.5, 0.6) is 5.75 Å². The number of halogens is 1. The van der Waals surface area contributed by atoms with Crippen LogP contribution >= 0.6 is 11.6 Å². The largest absolute Gasteiger partial charge is 0.496 e. The van der Waals surface area contributed by atoms with E-state index in [1.54, 1.807) is 7.11 Å². The van der Waals surface area contributed by atoms with Gasteiger partial charge in [-0.2, -0.15) is 5.26 Å². The molecule has 0 bridgehead atoms. The van der Waals surface area contributed by atoms with Gasteiger partial charge in [0.15, 0.2) is 0 Å². The van der Waals surface area contributed by atoms with Crippen molar-refractivity contribution in [3.63, 3.8) is 0 Å². The third kappa shape index (κ3) is 3.77. The maximum atomic E-state index is 9.48. The van der Waals surface area contributed by atoms with Crippen LogP contribution in [-0.2, 0) is 12.8 Å². The number of rotatable bonds is 5. The zero-order valence-electron chi connectivity index (χ0n) is 12.3. The van der Waals surface area contributed by atoms with Gasteiger partial charge >= 0.3 is 0 Å². The molecule has 0 heterocycles. The second kappa shape index (κ2) is 7.15. The van der Waals surface area contributed by atoms with Gasteiger partial charge in [0.25, 0.3) is 0 Å². The van der Waals surface area contributed by atoms with E-state index in [1.165, 1.54) is 0 Å². The summed E-state index contributed by atoms with van der Waals surface area (Å²) in [6.07, 6.45) is 1.57. The van der Waals surface area contributed by atoms with Crippen LogP contribution in [0.1, 0.15) is 29.5 Å². The number of hydrogen-bond donors (Lipinski definition) is 0.